The van der Waals surface area contributed by atoms with Crippen LogP contribution >= 0.6 is 11.6 Å². The van der Waals surface area contributed by atoms with E-state index in [0.717, 1.165) is 11.3 Å². The van der Waals surface area contributed by atoms with E-state index in [1.807, 2.05) is 24.3 Å². The standard InChI is InChI=1S/C22H19ClN2O5/c1-30-15-5-2-12(3-6-15)14-8-18-22(20(26)10-14)16(11-21(27)24-18)13-4-7-17(23)19(9-13)25(28)29/h2-7,9,14,16H,8,10-11H2,1H3,(H,24,27). The van der Waals surface area contributed by atoms with Gasteiger partial charge >= 0.3 is 0 Å². The van der Waals surface area contributed by atoms with Crippen molar-refractivity contribution in [2.24, 2.45) is 0 Å². The molecule has 2 aromatic rings. The number of Topliss-reactive ketones (excluding diaryl/α,β-unsaturated/α-hetero) is 1. The Labute approximate surface area is 177 Å². The van der Waals surface area contributed by atoms with E-state index in [-0.39, 0.29) is 34.7 Å². The zero-order valence-electron chi connectivity index (χ0n) is 16.2. The maximum Gasteiger partial charge on any atom is 0.288 e. The Hall–Kier alpha value is -3.19. The molecule has 1 heterocycles. The first-order valence-corrected chi connectivity index (χ1v) is 9.89. The van der Waals surface area contributed by atoms with Crippen LogP contribution in [0.2, 0.25) is 5.02 Å². The quantitative estimate of drug-likeness (QED) is 0.581. The van der Waals surface area contributed by atoms with Gasteiger partial charge in [0, 0.05) is 36.1 Å². The summed E-state index contributed by atoms with van der Waals surface area (Å²) in [6.45, 7) is 0. The van der Waals surface area contributed by atoms with Crippen LogP contribution in [-0.4, -0.2) is 23.7 Å². The lowest BCUT2D eigenvalue weighted by Crippen LogP contribution is -2.38. The number of rotatable bonds is 4. The van der Waals surface area contributed by atoms with Gasteiger partial charge < -0.3 is 10.1 Å². The molecule has 0 saturated heterocycles. The Balaban J connectivity index is 1.70. The van der Waals surface area contributed by atoms with Crippen LogP contribution in [0.5, 0.6) is 5.75 Å². The van der Waals surface area contributed by atoms with Gasteiger partial charge in [-0.2, -0.15) is 0 Å². The van der Waals surface area contributed by atoms with Gasteiger partial charge in [-0.25, -0.2) is 0 Å². The van der Waals surface area contributed by atoms with E-state index in [1.54, 1.807) is 13.2 Å². The lowest BCUT2D eigenvalue weighted by Gasteiger charge is -2.34. The second-order valence-corrected chi connectivity index (χ2v) is 7.87. The average molecular weight is 427 g/mol. The number of nitrogens with zero attached hydrogens (tertiary/aromatic N) is 1. The number of nitro groups is 1. The van der Waals surface area contributed by atoms with Crippen LogP contribution < -0.4 is 10.1 Å². The minimum atomic E-state index is -0.563. The summed E-state index contributed by atoms with van der Waals surface area (Å²) in [5, 5.41) is 14.1. The lowest BCUT2D eigenvalue weighted by atomic mass is 9.73. The minimum Gasteiger partial charge on any atom is -0.497 e. The van der Waals surface area contributed by atoms with Gasteiger partial charge in [-0.15, -0.1) is 0 Å². The monoisotopic (exact) mass is 426 g/mol. The maximum absolute atomic E-state index is 13.1. The van der Waals surface area contributed by atoms with Gasteiger partial charge in [0.25, 0.3) is 5.69 Å². The third-order valence-electron chi connectivity index (χ3n) is 5.69. The van der Waals surface area contributed by atoms with E-state index in [2.05, 4.69) is 5.32 Å². The van der Waals surface area contributed by atoms with E-state index in [4.69, 9.17) is 16.3 Å². The first kappa shape index (κ1) is 20.1. The highest BCUT2D eigenvalue weighted by atomic mass is 35.5. The van der Waals surface area contributed by atoms with Crippen molar-refractivity contribution in [2.45, 2.75) is 31.1 Å². The van der Waals surface area contributed by atoms with Crippen molar-refractivity contribution in [1.82, 2.24) is 5.32 Å². The molecule has 154 valence electrons. The third kappa shape index (κ3) is 3.68. The number of allylic oxidation sites excluding steroid dienone is 2. The third-order valence-corrected chi connectivity index (χ3v) is 6.01. The number of benzene rings is 2. The highest BCUT2D eigenvalue weighted by Crippen LogP contribution is 2.43. The molecule has 0 aromatic heterocycles. The smallest absolute Gasteiger partial charge is 0.288 e. The Morgan fingerprint density at radius 1 is 1.07 bits per heavy atom. The summed E-state index contributed by atoms with van der Waals surface area (Å²) < 4.78 is 5.18. The Bertz CT molecular complexity index is 1080. The fourth-order valence-electron chi connectivity index (χ4n) is 4.24. The van der Waals surface area contributed by atoms with E-state index >= 15 is 0 Å². The molecule has 7 nitrogen and oxygen atoms in total. The molecular weight excluding hydrogens is 408 g/mol. The number of carbonyl (C=O) groups excluding carboxylic acids is 2. The van der Waals surface area contributed by atoms with Crippen LogP contribution in [0.1, 0.15) is 42.2 Å². The molecule has 0 radical (unpaired) electrons. The molecule has 0 bridgehead atoms. The molecule has 0 fully saturated rings. The van der Waals surface area contributed by atoms with Gasteiger partial charge in [0.1, 0.15) is 10.8 Å². The van der Waals surface area contributed by atoms with E-state index in [9.17, 15) is 19.7 Å². The minimum absolute atomic E-state index is 0.0211. The van der Waals surface area contributed by atoms with Gasteiger partial charge in [-0.05, 0) is 41.7 Å². The van der Waals surface area contributed by atoms with Crippen molar-refractivity contribution in [3.8, 4) is 5.75 Å². The molecule has 30 heavy (non-hydrogen) atoms. The van der Waals surface area contributed by atoms with Gasteiger partial charge in [-0.3, -0.25) is 19.7 Å². The van der Waals surface area contributed by atoms with E-state index < -0.39 is 10.8 Å². The molecule has 2 atom stereocenters. The molecule has 4 rings (SSSR count). The van der Waals surface area contributed by atoms with Crippen LogP contribution in [0.15, 0.2) is 53.7 Å². The summed E-state index contributed by atoms with van der Waals surface area (Å²) >= 11 is 5.92. The van der Waals surface area contributed by atoms with Crippen molar-refractivity contribution in [1.29, 1.82) is 0 Å². The fraction of sp³-hybridized carbons (Fsp3) is 0.273. The summed E-state index contributed by atoms with van der Waals surface area (Å²) in [6, 6.07) is 12.0. The molecule has 1 aliphatic heterocycles. The Morgan fingerprint density at radius 2 is 1.77 bits per heavy atom. The van der Waals surface area contributed by atoms with E-state index in [0.29, 0.717) is 29.7 Å². The predicted octanol–water partition coefficient (Wildman–Crippen LogP) is 4.26. The molecule has 1 N–H and O–H groups in total. The molecule has 2 unspecified atom stereocenters. The summed E-state index contributed by atoms with van der Waals surface area (Å²) in [6.07, 6.45) is 0.898. The normalized spacial score (nSPS) is 21.1. The summed E-state index contributed by atoms with van der Waals surface area (Å²) in [5.74, 6) is -0.106. The second-order valence-electron chi connectivity index (χ2n) is 7.47. The van der Waals surface area contributed by atoms with Crippen LogP contribution in [0.3, 0.4) is 0 Å². The SMILES string of the molecule is COc1ccc(C2CC(=O)C3=C(C2)NC(=O)CC3c2ccc(Cl)c([N+](=O)[O-])c2)cc1. The fourth-order valence-corrected chi connectivity index (χ4v) is 4.43. The Morgan fingerprint density at radius 3 is 2.43 bits per heavy atom. The number of ether oxygens (including phenoxy) is 1. The molecule has 2 aromatic carbocycles. The number of hydrogen-bond donors (Lipinski definition) is 1. The number of nitro benzene ring substituents is 1. The summed E-state index contributed by atoms with van der Waals surface area (Å²) in [7, 11) is 1.59. The molecular formula is C22H19ClN2O5. The van der Waals surface area contributed by atoms with Crippen LogP contribution in [-0.2, 0) is 9.59 Å². The zero-order valence-corrected chi connectivity index (χ0v) is 16.9. The van der Waals surface area contributed by atoms with Crippen molar-refractivity contribution < 1.29 is 19.2 Å². The maximum atomic E-state index is 13.1. The van der Waals surface area contributed by atoms with Crippen LogP contribution in [0.25, 0.3) is 0 Å². The molecule has 1 aliphatic carbocycles. The van der Waals surface area contributed by atoms with Gasteiger partial charge in [-0.1, -0.05) is 29.8 Å². The highest BCUT2D eigenvalue weighted by molar-refractivity contribution is 6.32. The topological polar surface area (TPSA) is 98.5 Å². The van der Waals surface area contributed by atoms with Gasteiger partial charge in [0.2, 0.25) is 5.91 Å². The first-order chi connectivity index (χ1) is 14.4. The molecule has 0 saturated carbocycles. The molecule has 2 aliphatic rings. The molecule has 8 heteroatoms. The number of halogens is 1. The summed E-state index contributed by atoms with van der Waals surface area (Å²) in [4.78, 5) is 36.2. The number of hydrogen-bond acceptors (Lipinski definition) is 5. The number of ketones is 1. The Kier molecular flexibility index (Phi) is 5.30. The van der Waals surface area contributed by atoms with Crippen LogP contribution in [0.4, 0.5) is 5.69 Å². The second kappa shape index (κ2) is 7.91. The number of nitrogens with one attached hydrogen (secondary N) is 1. The van der Waals surface area contributed by atoms with Crippen molar-refractivity contribution in [3.05, 3.63) is 80.0 Å². The zero-order chi connectivity index (χ0) is 21.4. The number of methoxy groups -OCH3 is 1. The summed E-state index contributed by atoms with van der Waals surface area (Å²) in [5.41, 5.74) is 2.45. The van der Waals surface area contributed by atoms with Gasteiger partial charge in [0.05, 0.1) is 12.0 Å². The molecule has 0 spiro atoms. The largest absolute Gasteiger partial charge is 0.497 e. The molecule has 1 amide bonds. The van der Waals surface area contributed by atoms with Gasteiger partial charge in [0.15, 0.2) is 5.78 Å². The average Bonchev–Trinajstić information content (AvgIpc) is 2.73. The van der Waals surface area contributed by atoms with Crippen molar-refractivity contribution in [3.63, 3.8) is 0 Å². The van der Waals surface area contributed by atoms with Crippen molar-refractivity contribution >= 4 is 29.0 Å². The highest BCUT2D eigenvalue weighted by Gasteiger charge is 2.38. The number of amides is 1. The van der Waals surface area contributed by atoms with Crippen molar-refractivity contribution in [2.75, 3.05) is 7.11 Å². The predicted molar refractivity (Wildman–Crippen MR) is 111 cm³/mol. The first-order valence-electron chi connectivity index (χ1n) is 9.51. The van der Waals surface area contributed by atoms with Crippen LogP contribution in [0, 0.1) is 10.1 Å². The van der Waals surface area contributed by atoms with E-state index in [1.165, 1.54) is 12.1 Å². The number of carbonyl (C=O) groups is 2. The lowest BCUT2D eigenvalue weighted by molar-refractivity contribution is -0.384.